The predicted molar refractivity (Wildman–Crippen MR) is 79.4 cm³/mol. The first-order valence-corrected chi connectivity index (χ1v) is 7.57. The van der Waals surface area contributed by atoms with E-state index in [-0.39, 0.29) is 5.38 Å². The highest BCUT2D eigenvalue weighted by Crippen LogP contribution is 2.25. The highest BCUT2D eigenvalue weighted by Gasteiger charge is 2.16. The van der Waals surface area contributed by atoms with Crippen LogP contribution in [0, 0.1) is 0 Å². The summed E-state index contributed by atoms with van der Waals surface area (Å²) in [6, 6.07) is 8.81. The lowest BCUT2D eigenvalue weighted by Crippen LogP contribution is -2.32. The van der Waals surface area contributed by atoms with Crippen LogP contribution in [0.25, 0.3) is 0 Å². The van der Waals surface area contributed by atoms with E-state index in [4.69, 9.17) is 11.6 Å². The first-order valence-electron chi connectivity index (χ1n) is 7.13. The number of alkyl halides is 1. The highest BCUT2D eigenvalue weighted by molar-refractivity contribution is 6.21. The van der Waals surface area contributed by atoms with E-state index in [1.807, 2.05) is 0 Å². The van der Waals surface area contributed by atoms with Gasteiger partial charge in [0.15, 0.2) is 0 Å². The van der Waals surface area contributed by atoms with Crippen molar-refractivity contribution in [1.29, 1.82) is 0 Å². The molecule has 1 unspecified atom stereocenters. The SMILES string of the molecule is CC(C)c1ccc(C(Cl)CN2CCCCC2)cc1. The normalized spacial score (nSPS) is 19.1. The second-order valence-electron chi connectivity index (χ2n) is 5.65. The van der Waals surface area contributed by atoms with Crippen molar-refractivity contribution in [3.05, 3.63) is 35.4 Å². The summed E-state index contributed by atoms with van der Waals surface area (Å²) in [5, 5.41) is 0.129. The zero-order chi connectivity index (χ0) is 13.0. The summed E-state index contributed by atoms with van der Waals surface area (Å²) in [7, 11) is 0. The standard InChI is InChI=1S/C16H24ClN/c1-13(2)14-6-8-15(9-7-14)16(17)12-18-10-4-3-5-11-18/h6-9,13,16H,3-5,10-12H2,1-2H3. The minimum Gasteiger partial charge on any atom is -0.302 e. The van der Waals surface area contributed by atoms with Crippen LogP contribution >= 0.6 is 11.6 Å². The van der Waals surface area contributed by atoms with E-state index in [2.05, 4.69) is 43.0 Å². The van der Waals surface area contributed by atoms with Crippen molar-refractivity contribution in [1.82, 2.24) is 4.90 Å². The molecular formula is C16H24ClN. The van der Waals surface area contributed by atoms with Gasteiger partial charge in [0, 0.05) is 6.54 Å². The predicted octanol–water partition coefficient (Wildman–Crippen LogP) is 4.58. The van der Waals surface area contributed by atoms with Gasteiger partial charge >= 0.3 is 0 Å². The zero-order valence-electron chi connectivity index (χ0n) is 11.5. The molecular weight excluding hydrogens is 242 g/mol. The van der Waals surface area contributed by atoms with E-state index >= 15 is 0 Å². The molecule has 0 radical (unpaired) electrons. The van der Waals surface area contributed by atoms with Crippen molar-refractivity contribution in [2.45, 2.75) is 44.4 Å². The van der Waals surface area contributed by atoms with Crippen LogP contribution in [0.4, 0.5) is 0 Å². The Kier molecular flexibility index (Phi) is 5.08. The molecule has 0 amide bonds. The van der Waals surface area contributed by atoms with Gasteiger partial charge in [-0.05, 0) is 43.0 Å². The van der Waals surface area contributed by atoms with Crippen LogP contribution in [0.5, 0.6) is 0 Å². The molecule has 1 aliphatic rings. The summed E-state index contributed by atoms with van der Waals surface area (Å²) in [5.74, 6) is 0.593. The average molecular weight is 266 g/mol. The zero-order valence-corrected chi connectivity index (χ0v) is 12.3. The number of halogens is 1. The molecule has 1 nitrogen and oxygen atoms in total. The maximum Gasteiger partial charge on any atom is 0.0712 e. The van der Waals surface area contributed by atoms with Crippen molar-refractivity contribution < 1.29 is 0 Å². The van der Waals surface area contributed by atoms with E-state index in [0.29, 0.717) is 5.92 Å². The van der Waals surface area contributed by atoms with Gasteiger partial charge in [0.05, 0.1) is 5.38 Å². The second-order valence-corrected chi connectivity index (χ2v) is 6.18. The van der Waals surface area contributed by atoms with E-state index < -0.39 is 0 Å². The smallest absolute Gasteiger partial charge is 0.0712 e. The van der Waals surface area contributed by atoms with Crippen LogP contribution in [0.2, 0.25) is 0 Å². The van der Waals surface area contributed by atoms with Crippen molar-refractivity contribution >= 4 is 11.6 Å². The summed E-state index contributed by atoms with van der Waals surface area (Å²) in [6.07, 6.45) is 4.04. The quantitative estimate of drug-likeness (QED) is 0.721. The van der Waals surface area contributed by atoms with Crippen LogP contribution in [0.3, 0.4) is 0 Å². The van der Waals surface area contributed by atoms with Gasteiger partial charge in [0.2, 0.25) is 0 Å². The van der Waals surface area contributed by atoms with Crippen molar-refractivity contribution in [3.63, 3.8) is 0 Å². The van der Waals surface area contributed by atoms with E-state index in [1.54, 1.807) is 0 Å². The molecule has 1 heterocycles. The number of hydrogen-bond acceptors (Lipinski definition) is 1. The molecule has 1 aromatic carbocycles. The lowest BCUT2D eigenvalue weighted by Gasteiger charge is -2.28. The second kappa shape index (κ2) is 6.58. The van der Waals surface area contributed by atoms with Gasteiger partial charge in [0.25, 0.3) is 0 Å². The lowest BCUT2D eigenvalue weighted by molar-refractivity contribution is 0.229. The Labute approximate surface area is 116 Å². The number of likely N-dealkylation sites (tertiary alicyclic amines) is 1. The molecule has 0 bridgehead atoms. The topological polar surface area (TPSA) is 3.24 Å². The maximum atomic E-state index is 6.53. The summed E-state index contributed by atoms with van der Waals surface area (Å²) >= 11 is 6.53. The molecule has 0 spiro atoms. The number of benzene rings is 1. The largest absolute Gasteiger partial charge is 0.302 e. The third-order valence-electron chi connectivity index (χ3n) is 3.83. The molecule has 1 saturated heterocycles. The first kappa shape index (κ1) is 13.9. The Balaban J connectivity index is 1.93. The number of hydrogen-bond donors (Lipinski definition) is 0. The molecule has 1 atom stereocenters. The van der Waals surface area contributed by atoms with Crippen LogP contribution < -0.4 is 0 Å². The van der Waals surface area contributed by atoms with Gasteiger partial charge in [0.1, 0.15) is 0 Å². The van der Waals surface area contributed by atoms with E-state index in [0.717, 1.165) is 6.54 Å². The molecule has 0 saturated carbocycles. The van der Waals surface area contributed by atoms with Gasteiger partial charge < -0.3 is 4.90 Å². The van der Waals surface area contributed by atoms with Crippen molar-refractivity contribution in [3.8, 4) is 0 Å². The Bertz CT molecular complexity index is 352. The molecule has 18 heavy (non-hydrogen) atoms. The third-order valence-corrected chi connectivity index (χ3v) is 4.22. The van der Waals surface area contributed by atoms with Crippen LogP contribution in [-0.2, 0) is 0 Å². The van der Waals surface area contributed by atoms with Crippen molar-refractivity contribution in [2.24, 2.45) is 0 Å². The fourth-order valence-corrected chi connectivity index (χ4v) is 2.90. The third kappa shape index (κ3) is 3.73. The maximum absolute atomic E-state index is 6.53. The number of rotatable bonds is 4. The number of piperidine rings is 1. The van der Waals surface area contributed by atoms with Gasteiger partial charge in [-0.1, -0.05) is 44.5 Å². The number of nitrogens with zero attached hydrogens (tertiary/aromatic N) is 1. The molecule has 1 fully saturated rings. The van der Waals surface area contributed by atoms with Crippen LogP contribution in [0.1, 0.15) is 55.5 Å². The molecule has 100 valence electrons. The summed E-state index contributed by atoms with van der Waals surface area (Å²) < 4.78 is 0. The molecule has 2 rings (SSSR count). The van der Waals surface area contributed by atoms with Gasteiger partial charge in [-0.2, -0.15) is 0 Å². The molecule has 0 N–H and O–H groups in total. The molecule has 2 heteroatoms. The summed E-state index contributed by atoms with van der Waals surface area (Å²) in [5.41, 5.74) is 2.65. The summed E-state index contributed by atoms with van der Waals surface area (Å²) in [4.78, 5) is 2.50. The Morgan fingerprint density at radius 1 is 1.00 bits per heavy atom. The van der Waals surface area contributed by atoms with Crippen LogP contribution in [0.15, 0.2) is 24.3 Å². The average Bonchev–Trinajstić information content (AvgIpc) is 2.40. The first-order chi connectivity index (χ1) is 8.66. The Morgan fingerprint density at radius 2 is 1.56 bits per heavy atom. The monoisotopic (exact) mass is 265 g/mol. The fraction of sp³-hybridized carbons (Fsp3) is 0.625. The van der Waals surface area contributed by atoms with Crippen molar-refractivity contribution in [2.75, 3.05) is 19.6 Å². The molecule has 0 aliphatic carbocycles. The van der Waals surface area contributed by atoms with Gasteiger partial charge in [-0.3, -0.25) is 0 Å². The fourth-order valence-electron chi connectivity index (χ4n) is 2.56. The molecule has 1 aliphatic heterocycles. The van der Waals surface area contributed by atoms with E-state index in [1.165, 1.54) is 43.5 Å². The summed E-state index contributed by atoms with van der Waals surface area (Å²) in [6.45, 7) is 7.87. The lowest BCUT2D eigenvalue weighted by atomic mass is 10.0. The molecule has 1 aromatic rings. The Morgan fingerprint density at radius 3 is 2.11 bits per heavy atom. The van der Waals surface area contributed by atoms with Gasteiger partial charge in [-0.25, -0.2) is 0 Å². The van der Waals surface area contributed by atoms with Gasteiger partial charge in [-0.15, -0.1) is 11.6 Å². The minimum atomic E-state index is 0.129. The Hall–Kier alpha value is -0.530. The highest BCUT2D eigenvalue weighted by atomic mass is 35.5. The van der Waals surface area contributed by atoms with E-state index in [9.17, 15) is 0 Å². The van der Waals surface area contributed by atoms with Crippen LogP contribution in [-0.4, -0.2) is 24.5 Å². The minimum absolute atomic E-state index is 0.129. The molecule has 0 aromatic heterocycles.